The van der Waals surface area contributed by atoms with Crippen LogP contribution in [-0.4, -0.2) is 35.0 Å². The van der Waals surface area contributed by atoms with Crippen LogP contribution in [0.1, 0.15) is 29.3 Å². The van der Waals surface area contributed by atoms with E-state index in [4.69, 9.17) is 10.4 Å². The van der Waals surface area contributed by atoms with Crippen molar-refractivity contribution in [1.29, 1.82) is 5.26 Å². The molecule has 0 atom stereocenters. The molecule has 0 aliphatic carbocycles. The molecule has 1 aromatic carbocycles. The molecule has 0 saturated carbocycles. The molecule has 21 heavy (non-hydrogen) atoms. The van der Waals surface area contributed by atoms with Crippen molar-refractivity contribution in [2.75, 3.05) is 13.1 Å². The van der Waals surface area contributed by atoms with Gasteiger partial charge in [0, 0.05) is 19.2 Å². The van der Waals surface area contributed by atoms with E-state index < -0.39 is 17.7 Å². The summed E-state index contributed by atoms with van der Waals surface area (Å²) in [7, 11) is 0. The van der Waals surface area contributed by atoms with E-state index in [0.29, 0.717) is 12.1 Å². The van der Waals surface area contributed by atoms with Crippen molar-refractivity contribution in [2.45, 2.75) is 13.3 Å². The third-order valence-electron chi connectivity index (χ3n) is 2.80. The molecular formula is C15H15FN2O3. The van der Waals surface area contributed by atoms with Gasteiger partial charge in [0.25, 0.3) is 5.91 Å². The lowest BCUT2D eigenvalue weighted by molar-refractivity contribution is -0.131. The number of hydrogen-bond acceptors (Lipinski definition) is 3. The Balaban J connectivity index is 3.05. The molecule has 5 nitrogen and oxygen atoms in total. The van der Waals surface area contributed by atoms with Gasteiger partial charge in [-0.1, -0.05) is 6.07 Å². The Morgan fingerprint density at radius 1 is 1.48 bits per heavy atom. The van der Waals surface area contributed by atoms with Gasteiger partial charge >= 0.3 is 5.97 Å². The Morgan fingerprint density at radius 3 is 2.76 bits per heavy atom. The number of nitrogens with zero attached hydrogens (tertiary/aromatic N) is 2. The van der Waals surface area contributed by atoms with Crippen LogP contribution in [0.3, 0.4) is 0 Å². The van der Waals surface area contributed by atoms with Crippen LogP contribution in [0.5, 0.6) is 0 Å². The molecule has 1 rings (SSSR count). The highest BCUT2D eigenvalue weighted by atomic mass is 19.1. The van der Waals surface area contributed by atoms with E-state index in [2.05, 4.69) is 0 Å². The average Bonchev–Trinajstić information content (AvgIpc) is 2.46. The van der Waals surface area contributed by atoms with Crippen molar-refractivity contribution in [3.05, 3.63) is 41.2 Å². The molecule has 0 fully saturated rings. The zero-order valence-corrected chi connectivity index (χ0v) is 11.5. The Labute approximate surface area is 121 Å². The first-order chi connectivity index (χ1) is 9.99. The van der Waals surface area contributed by atoms with Gasteiger partial charge in [0.1, 0.15) is 5.82 Å². The molecule has 1 amide bonds. The summed E-state index contributed by atoms with van der Waals surface area (Å²) in [5.41, 5.74) is 0.279. The summed E-state index contributed by atoms with van der Waals surface area (Å²) in [6.07, 6.45) is 2.36. The van der Waals surface area contributed by atoms with Crippen molar-refractivity contribution >= 4 is 18.0 Å². The van der Waals surface area contributed by atoms with E-state index in [1.807, 2.05) is 6.07 Å². The monoisotopic (exact) mass is 290 g/mol. The van der Waals surface area contributed by atoms with Crippen LogP contribution < -0.4 is 0 Å². The fourth-order valence-electron chi connectivity index (χ4n) is 1.74. The third-order valence-corrected chi connectivity index (χ3v) is 2.80. The van der Waals surface area contributed by atoms with Crippen LogP contribution in [0, 0.1) is 17.1 Å². The lowest BCUT2D eigenvalue weighted by Gasteiger charge is -2.20. The fraction of sp³-hybridized carbons (Fsp3) is 0.267. The van der Waals surface area contributed by atoms with Crippen LogP contribution in [-0.2, 0) is 4.79 Å². The highest BCUT2D eigenvalue weighted by Gasteiger charge is 2.18. The molecule has 0 aromatic heterocycles. The summed E-state index contributed by atoms with van der Waals surface area (Å²) in [6.45, 7) is 2.32. The number of halogens is 1. The van der Waals surface area contributed by atoms with Crippen LogP contribution in [0.25, 0.3) is 6.08 Å². The highest BCUT2D eigenvalue weighted by molar-refractivity contribution is 5.95. The number of carbonyl (C=O) groups excluding carboxylic acids is 1. The van der Waals surface area contributed by atoms with Crippen LogP contribution in [0.4, 0.5) is 4.39 Å². The molecular weight excluding hydrogens is 275 g/mol. The number of carboxylic acids is 1. The Hall–Kier alpha value is -2.68. The molecule has 110 valence electrons. The first kappa shape index (κ1) is 16.4. The second-order valence-corrected chi connectivity index (χ2v) is 4.20. The number of amides is 1. The predicted octanol–water partition coefficient (Wildman–Crippen LogP) is 2.30. The summed E-state index contributed by atoms with van der Waals surface area (Å²) in [5, 5.41) is 17.1. The van der Waals surface area contributed by atoms with E-state index in [9.17, 15) is 14.0 Å². The standard InChI is InChI=1S/C15H15FN2O3/c1-2-18(9-3-8-17)15(21)12-10-11(4-6-13(12)16)5-7-14(19)20/h4-7,10H,2-3,9H2,1H3,(H,19,20). The van der Waals surface area contributed by atoms with E-state index in [-0.39, 0.29) is 18.5 Å². The van der Waals surface area contributed by atoms with Crippen LogP contribution >= 0.6 is 0 Å². The third kappa shape index (κ3) is 4.73. The van der Waals surface area contributed by atoms with Gasteiger partial charge in [-0.25, -0.2) is 9.18 Å². The molecule has 0 radical (unpaired) electrons. The quantitative estimate of drug-likeness (QED) is 0.815. The number of hydrogen-bond donors (Lipinski definition) is 1. The Kier molecular flexibility index (Phi) is 6.08. The highest BCUT2D eigenvalue weighted by Crippen LogP contribution is 2.15. The molecule has 0 spiro atoms. The fourth-order valence-corrected chi connectivity index (χ4v) is 1.74. The van der Waals surface area contributed by atoms with E-state index in [0.717, 1.165) is 12.1 Å². The number of carbonyl (C=O) groups is 2. The van der Waals surface area contributed by atoms with Crippen molar-refractivity contribution in [1.82, 2.24) is 4.90 Å². The molecule has 0 aliphatic heterocycles. The summed E-state index contributed by atoms with van der Waals surface area (Å²) < 4.78 is 13.8. The van der Waals surface area contributed by atoms with Crippen LogP contribution in [0.15, 0.2) is 24.3 Å². The SMILES string of the molecule is CCN(CCC#N)C(=O)c1cc(C=CC(=O)O)ccc1F. The predicted molar refractivity (Wildman–Crippen MR) is 74.9 cm³/mol. The van der Waals surface area contributed by atoms with Crippen molar-refractivity contribution in [3.8, 4) is 6.07 Å². The number of carboxylic acid groups (broad SMARTS) is 1. The summed E-state index contributed by atoms with van der Waals surface area (Å²) >= 11 is 0. The van der Waals surface area contributed by atoms with E-state index >= 15 is 0 Å². The largest absolute Gasteiger partial charge is 0.478 e. The van der Waals surface area contributed by atoms with Crippen LogP contribution in [0.2, 0.25) is 0 Å². The van der Waals surface area contributed by atoms with Gasteiger partial charge < -0.3 is 10.0 Å². The van der Waals surface area contributed by atoms with Crippen molar-refractivity contribution in [3.63, 3.8) is 0 Å². The van der Waals surface area contributed by atoms with Gasteiger partial charge in [-0.05, 0) is 30.7 Å². The lowest BCUT2D eigenvalue weighted by Crippen LogP contribution is -2.32. The smallest absolute Gasteiger partial charge is 0.328 e. The molecule has 0 unspecified atom stereocenters. The molecule has 0 bridgehead atoms. The molecule has 1 aromatic rings. The molecule has 1 N–H and O–H groups in total. The molecule has 0 saturated heterocycles. The summed E-state index contributed by atoms with van der Waals surface area (Å²) in [5.74, 6) is -2.32. The second-order valence-electron chi connectivity index (χ2n) is 4.20. The van der Waals surface area contributed by atoms with Gasteiger partial charge in [-0.15, -0.1) is 0 Å². The second kappa shape index (κ2) is 7.80. The van der Waals surface area contributed by atoms with Crippen molar-refractivity contribution < 1.29 is 19.1 Å². The topological polar surface area (TPSA) is 81.4 Å². The molecule has 0 heterocycles. The van der Waals surface area contributed by atoms with Gasteiger partial charge in [0.05, 0.1) is 18.1 Å². The maximum Gasteiger partial charge on any atom is 0.328 e. The number of benzene rings is 1. The maximum absolute atomic E-state index is 13.8. The number of aliphatic carboxylic acids is 1. The van der Waals surface area contributed by atoms with Gasteiger partial charge in [0.2, 0.25) is 0 Å². The average molecular weight is 290 g/mol. The first-order valence-corrected chi connectivity index (χ1v) is 6.36. The van der Waals surface area contributed by atoms with E-state index in [1.54, 1.807) is 6.92 Å². The zero-order chi connectivity index (χ0) is 15.8. The van der Waals surface area contributed by atoms with Gasteiger partial charge in [0.15, 0.2) is 0 Å². The van der Waals surface area contributed by atoms with E-state index in [1.165, 1.54) is 23.1 Å². The summed E-state index contributed by atoms with van der Waals surface area (Å²) in [6, 6.07) is 5.74. The van der Waals surface area contributed by atoms with Crippen molar-refractivity contribution in [2.24, 2.45) is 0 Å². The lowest BCUT2D eigenvalue weighted by atomic mass is 10.1. The zero-order valence-electron chi connectivity index (χ0n) is 11.5. The Bertz CT molecular complexity index is 605. The van der Waals surface area contributed by atoms with Gasteiger partial charge in [-0.2, -0.15) is 5.26 Å². The Morgan fingerprint density at radius 2 is 2.19 bits per heavy atom. The molecule has 0 aliphatic rings. The van der Waals surface area contributed by atoms with Gasteiger partial charge in [-0.3, -0.25) is 4.79 Å². The maximum atomic E-state index is 13.8. The minimum absolute atomic E-state index is 0.137. The molecule has 6 heteroatoms. The minimum atomic E-state index is -1.13. The normalized spacial score (nSPS) is 10.3. The minimum Gasteiger partial charge on any atom is -0.478 e. The number of rotatable bonds is 6. The first-order valence-electron chi connectivity index (χ1n) is 6.36. The number of nitriles is 1. The summed E-state index contributed by atoms with van der Waals surface area (Å²) in [4.78, 5) is 24.1.